The average molecular weight is 533 g/mol. The lowest BCUT2D eigenvalue weighted by Crippen LogP contribution is -2.48. The summed E-state index contributed by atoms with van der Waals surface area (Å²) >= 11 is 1.81. The van der Waals surface area contributed by atoms with E-state index in [1.54, 1.807) is 0 Å². The van der Waals surface area contributed by atoms with Crippen LogP contribution in [0.25, 0.3) is 32.5 Å². The van der Waals surface area contributed by atoms with Crippen molar-refractivity contribution in [1.29, 1.82) is 0 Å². The first kappa shape index (κ1) is 25.4. The summed E-state index contributed by atoms with van der Waals surface area (Å²) in [6, 6.07) is 10.6. The molecule has 2 saturated heterocycles. The van der Waals surface area contributed by atoms with Crippen molar-refractivity contribution in [3.8, 4) is 11.4 Å². The number of ketones is 1. The molecule has 2 fully saturated rings. The third-order valence-electron chi connectivity index (χ3n) is 7.60. The number of thiophene rings is 1. The fourth-order valence-corrected chi connectivity index (χ4v) is 6.35. The number of anilines is 1. The summed E-state index contributed by atoms with van der Waals surface area (Å²) in [5.41, 5.74) is 2.87. The molecule has 0 spiro atoms. The van der Waals surface area contributed by atoms with Crippen molar-refractivity contribution in [2.45, 2.75) is 27.3 Å². The molecule has 8 nitrogen and oxygen atoms in total. The van der Waals surface area contributed by atoms with E-state index in [9.17, 15) is 4.79 Å². The van der Waals surface area contributed by atoms with Gasteiger partial charge < -0.3 is 14.6 Å². The Balaban J connectivity index is 1.26. The number of nitrogens with zero attached hydrogens (tertiary/aromatic N) is 5. The number of piperazine rings is 1. The Morgan fingerprint density at radius 1 is 1.03 bits per heavy atom. The number of morpholine rings is 1. The van der Waals surface area contributed by atoms with E-state index < -0.39 is 0 Å². The average Bonchev–Trinajstić information content (AvgIpc) is 3.56. The first-order valence-electron chi connectivity index (χ1n) is 13.5. The van der Waals surface area contributed by atoms with Crippen LogP contribution in [0, 0.1) is 5.41 Å². The zero-order chi connectivity index (χ0) is 26.3. The van der Waals surface area contributed by atoms with Gasteiger partial charge in [0.2, 0.25) is 0 Å². The molecule has 0 radical (unpaired) electrons. The first-order valence-corrected chi connectivity index (χ1v) is 14.3. The third kappa shape index (κ3) is 5.20. The molecule has 2 aliphatic rings. The zero-order valence-electron chi connectivity index (χ0n) is 22.5. The molecule has 0 amide bonds. The predicted molar refractivity (Wildman–Crippen MR) is 154 cm³/mol. The quantitative estimate of drug-likeness (QED) is 0.394. The topological polar surface area (TPSA) is 77.6 Å². The van der Waals surface area contributed by atoms with E-state index in [1.807, 2.05) is 38.3 Å². The van der Waals surface area contributed by atoms with Crippen LogP contribution in [0.5, 0.6) is 0 Å². The van der Waals surface area contributed by atoms with Gasteiger partial charge in [0, 0.05) is 78.8 Å². The molecular weight excluding hydrogens is 496 g/mol. The number of aromatic amines is 1. The lowest BCUT2D eigenvalue weighted by molar-refractivity contribution is -0.127. The number of Topliss-reactive ketones (excluding diaryl/α,β-unsaturated/α-hetero) is 1. The fourth-order valence-electron chi connectivity index (χ4n) is 5.20. The Bertz CT molecular complexity index is 1440. The molecule has 0 aliphatic carbocycles. The number of nitrogens with one attached hydrogen (secondary N) is 1. The van der Waals surface area contributed by atoms with Gasteiger partial charge >= 0.3 is 0 Å². The number of benzene rings is 1. The normalized spacial score (nSPS) is 18.0. The van der Waals surface area contributed by atoms with Gasteiger partial charge in [0.25, 0.3) is 0 Å². The van der Waals surface area contributed by atoms with Crippen LogP contribution in [0.2, 0.25) is 0 Å². The summed E-state index contributed by atoms with van der Waals surface area (Å²) in [4.78, 5) is 34.4. The minimum Gasteiger partial charge on any atom is -0.378 e. The van der Waals surface area contributed by atoms with E-state index in [0.717, 1.165) is 84.1 Å². The number of H-pyrrole nitrogens is 1. The van der Waals surface area contributed by atoms with E-state index in [-0.39, 0.29) is 5.41 Å². The highest BCUT2D eigenvalue weighted by Crippen LogP contribution is 2.36. The van der Waals surface area contributed by atoms with Crippen molar-refractivity contribution < 1.29 is 9.53 Å². The maximum absolute atomic E-state index is 12.5. The SMILES string of the molecule is CC(C)(C)C(=O)CN1CCN(Cc2cc3nc(-c4cccc5[nH]ccc45)nc(N4CCOCC4)c3s2)CC1. The van der Waals surface area contributed by atoms with Crippen molar-refractivity contribution in [1.82, 2.24) is 24.8 Å². The Morgan fingerprint density at radius 3 is 2.55 bits per heavy atom. The Kier molecular flexibility index (Phi) is 6.94. The van der Waals surface area contributed by atoms with Crippen LogP contribution in [-0.2, 0) is 16.1 Å². The van der Waals surface area contributed by atoms with Gasteiger partial charge in [-0.1, -0.05) is 32.9 Å². The molecule has 3 aromatic heterocycles. The van der Waals surface area contributed by atoms with Crippen LogP contribution in [-0.4, -0.2) is 89.6 Å². The van der Waals surface area contributed by atoms with E-state index in [4.69, 9.17) is 14.7 Å². The van der Waals surface area contributed by atoms with Gasteiger partial charge in [0.1, 0.15) is 0 Å². The number of ether oxygens (including phenoxy) is 1. The van der Waals surface area contributed by atoms with Crippen LogP contribution in [0.3, 0.4) is 0 Å². The molecule has 2 aliphatic heterocycles. The number of hydrogen-bond acceptors (Lipinski definition) is 8. The maximum atomic E-state index is 12.5. The van der Waals surface area contributed by atoms with Gasteiger partial charge in [-0.15, -0.1) is 11.3 Å². The van der Waals surface area contributed by atoms with E-state index in [2.05, 4.69) is 50.0 Å². The number of carbonyl (C=O) groups excluding carboxylic acids is 1. The largest absolute Gasteiger partial charge is 0.378 e. The summed E-state index contributed by atoms with van der Waals surface area (Å²) in [5, 5.41) is 1.14. The number of carbonyl (C=O) groups is 1. The smallest absolute Gasteiger partial charge is 0.162 e. The molecule has 200 valence electrons. The number of hydrogen-bond donors (Lipinski definition) is 1. The molecule has 0 atom stereocenters. The molecule has 0 unspecified atom stereocenters. The van der Waals surface area contributed by atoms with Crippen LogP contribution in [0.15, 0.2) is 36.5 Å². The minimum absolute atomic E-state index is 0.279. The standard InChI is InChI=1S/C29H36N6O2S/c1-29(2,3)25(36)19-34-11-9-33(10-12-34)18-20-17-24-26(38-20)28(35-13-15-37-16-14-35)32-27(31-24)22-5-4-6-23-21(22)7-8-30-23/h4-8,17,30H,9-16,18-19H2,1-3H3. The van der Waals surface area contributed by atoms with E-state index in [0.29, 0.717) is 25.5 Å². The molecule has 38 heavy (non-hydrogen) atoms. The summed E-state index contributed by atoms with van der Waals surface area (Å²) in [5.74, 6) is 2.10. The number of rotatable bonds is 6. The first-order chi connectivity index (χ1) is 18.3. The molecule has 6 rings (SSSR count). The second kappa shape index (κ2) is 10.4. The summed E-state index contributed by atoms with van der Waals surface area (Å²) in [7, 11) is 0. The van der Waals surface area contributed by atoms with Gasteiger partial charge in [0.05, 0.1) is 30.0 Å². The third-order valence-corrected chi connectivity index (χ3v) is 8.70. The summed E-state index contributed by atoms with van der Waals surface area (Å²) < 4.78 is 6.79. The molecule has 1 aromatic carbocycles. The van der Waals surface area contributed by atoms with Crippen LogP contribution < -0.4 is 4.90 Å². The Hall–Kier alpha value is -2.85. The summed E-state index contributed by atoms with van der Waals surface area (Å²) in [6.07, 6.45) is 1.97. The Morgan fingerprint density at radius 2 is 1.79 bits per heavy atom. The van der Waals surface area contributed by atoms with Crippen molar-refractivity contribution in [3.05, 3.63) is 41.4 Å². The zero-order valence-corrected chi connectivity index (χ0v) is 23.3. The molecular formula is C29H36N6O2S. The molecule has 9 heteroatoms. The molecule has 0 bridgehead atoms. The van der Waals surface area contributed by atoms with Crippen molar-refractivity contribution in [3.63, 3.8) is 0 Å². The van der Waals surface area contributed by atoms with Gasteiger partial charge in [0.15, 0.2) is 17.4 Å². The van der Waals surface area contributed by atoms with Crippen LogP contribution >= 0.6 is 11.3 Å². The monoisotopic (exact) mass is 532 g/mol. The molecule has 5 heterocycles. The minimum atomic E-state index is -0.279. The second-order valence-electron chi connectivity index (χ2n) is 11.4. The van der Waals surface area contributed by atoms with Gasteiger partial charge in [-0.05, 0) is 18.2 Å². The van der Waals surface area contributed by atoms with Crippen molar-refractivity contribution >= 4 is 44.1 Å². The second-order valence-corrected chi connectivity index (χ2v) is 12.5. The lowest BCUT2D eigenvalue weighted by Gasteiger charge is -2.35. The van der Waals surface area contributed by atoms with E-state index >= 15 is 0 Å². The predicted octanol–water partition coefficient (Wildman–Crippen LogP) is 4.41. The Labute approximate surface area is 227 Å². The van der Waals surface area contributed by atoms with Crippen LogP contribution in [0.4, 0.5) is 5.82 Å². The lowest BCUT2D eigenvalue weighted by atomic mass is 9.90. The fraction of sp³-hybridized carbons (Fsp3) is 0.483. The van der Waals surface area contributed by atoms with Crippen molar-refractivity contribution in [2.24, 2.45) is 5.41 Å². The van der Waals surface area contributed by atoms with Crippen LogP contribution in [0.1, 0.15) is 25.6 Å². The maximum Gasteiger partial charge on any atom is 0.162 e. The number of fused-ring (bicyclic) bond motifs is 2. The summed E-state index contributed by atoms with van der Waals surface area (Å²) in [6.45, 7) is 14.4. The number of aromatic nitrogens is 3. The highest BCUT2D eigenvalue weighted by Gasteiger charge is 2.26. The van der Waals surface area contributed by atoms with Gasteiger partial charge in [-0.2, -0.15) is 0 Å². The van der Waals surface area contributed by atoms with Gasteiger partial charge in [-0.3, -0.25) is 14.6 Å². The van der Waals surface area contributed by atoms with Crippen molar-refractivity contribution in [2.75, 3.05) is 63.9 Å². The van der Waals surface area contributed by atoms with E-state index in [1.165, 1.54) is 4.88 Å². The highest BCUT2D eigenvalue weighted by molar-refractivity contribution is 7.19. The molecule has 1 N–H and O–H groups in total. The molecule has 0 saturated carbocycles. The highest BCUT2D eigenvalue weighted by atomic mass is 32.1. The van der Waals surface area contributed by atoms with Gasteiger partial charge in [-0.25, -0.2) is 9.97 Å². The molecule has 4 aromatic rings.